The zero-order chi connectivity index (χ0) is 22.0. The first-order valence-corrected chi connectivity index (χ1v) is 12.2. The minimum atomic E-state index is -0.105. The Morgan fingerprint density at radius 1 is 1.23 bits per heavy atom. The molecule has 1 amide bonds. The lowest BCUT2D eigenvalue weighted by Gasteiger charge is -2.10. The molecule has 0 atom stereocenters. The number of hydrogen-bond acceptors (Lipinski definition) is 6. The van der Waals surface area contributed by atoms with E-state index < -0.39 is 0 Å². The lowest BCUT2D eigenvalue weighted by Crippen LogP contribution is -2.25. The van der Waals surface area contributed by atoms with Crippen LogP contribution in [0.1, 0.15) is 25.8 Å². The monoisotopic (exact) mass is 475 g/mol. The van der Waals surface area contributed by atoms with Crippen molar-refractivity contribution in [3.05, 3.63) is 56.7 Å². The first kappa shape index (κ1) is 21.9. The Balaban J connectivity index is 1.53. The maximum Gasteiger partial charge on any atom is 0.272 e. The Bertz CT molecular complexity index is 1280. The second-order valence-corrected chi connectivity index (χ2v) is 9.88. The normalized spacial score (nSPS) is 11.6. The molecular weight excluding hydrogens is 454 g/mol. The van der Waals surface area contributed by atoms with Crippen LogP contribution in [0.2, 0.25) is 5.02 Å². The fraction of sp³-hybridized carbons (Fsp3) is 0.333. The summed E-state index contributed by atoms with van der Waals surface area (Å²) in [6.45, 7) is 5.26. The molecule has 0 aliphatic heterocycles. The van der Waals surface area contributed by atoms with Gasteiger partial charge in [-0.1, -0.05) is 49.3 Å². The second kappa shape index (κ2) is 9.42. The number of aryl methyl sites for hydroxylation is 1. The van der Waals surface area contributed by atoms with Gasteiger partial charge in [-0.05, 0) is 41.5 Å². The van der Waals surface area contributed by atoms with Crippen LogP contribution in [-0.4, -0.2) is 30.8 Å². The molecule has 0 saturated heterocycles. The van der Waals surface area contributed by atoms with Crippen LogP contribution in [0.25, 0.3) is 16.0 Å². The van der Waals surface area contributed by atoms with Crippen molar-refractivity contribution >= 4 is 56.6 Å². The van der Waals surface area contributed by atoms with E-state index in [1.807, 2.05) is 28.0 Å². The summed E-state index contributed by atoms with van der Waals surface area (Å²) in [4.78, 5) is 25.3. The van der Waals surface area contributed by atoms with E-state index in [9.17, 15) is 9.59 Å². The van der Waals surface area contributed by atoms with Crippen LogP contribution >= 0.6 is 34.7 Å². The molecule has 0 aliphatic rings. The van der Waals surface area contributed by atoms with Crippen molar-refractivity contribution < 1.29 is 4.79 Å². The summed E-state index contributed by atoms with van der Waals surface area (Å²) in [5.74, 6) is 1.07. The number of carbonyl (C=O) groups excluding carboxylic acids is 1. The Kier molecular flexibility index (Phi) is 6.64. The van der Waals surface area contributed by atoms with Crippen molar-refractivity contribution in [2.45, 2.75) is 38.5 Å². The minimum Gasteiger partial charge on any atom is -0.351 e. The maximum atomic E-state index is 12.9. The van der Waals surface area contributed by atoms with Crippen molar-refractivity contribution in [1.82, 2.24) is 24.5 Å². The van der Waals surface area contributed by atoms with E-state index in [1.54, 1.807) is 16.7 Å². The highest BCUT2D eigenvalue weighted by Gasteiger charge is 2.18. The molecule has 162 valence electrons. The summed E-state index contributed by atoms with van der Waals surface area (Å²) in [6, 6.07) is 9.25. The molecule has 1 aromatic carbocycles. The zero-order valence-electron chi connectivity index (χ0n) is 17.2. The quantitative estimate of drug-likeness (QED) is 0.386. The average Bonchev–Trinajstić information content (AvgIpc) is 3.38. The lowest BCUT2D eigenvalue weighted by atomic mass is 10.1. The summed E-state index contributed by atoms with van der Waals surface area (Å²) in [6.07, 6.45) is 0.870. The van der Waals surface area contributed by atoms with E-state index >= 15 is 0 Å². The Hall–Kier alpha value is -2.36. The molecule has 4 rings (SSSR count). The molecule has 0 radical (unpaired) electrons. The molecule has 0 saturated carbocycles. The zero-order valence-corrected chi connectivity index (χ0v) is 19.6. The van der Waals surface area contributed by atoms with Crippen molar-refractivity contribution in [3.8, 4) is 0 Å². The SMILES string of the molecule is CC(C)CCn1c(=O)c2sccc2n2c(SCC(=O)NCc3ccc(Cl)cc3)nnc12. The molecule has 7 nitrogen and oxygen atoms in total. The van der Waals surface area contributed by atoms with Gasteiger partial charge < -0.3 is 5.32 Å². The highest BCUT2D eigenvalue weighted by Crippen LogP contribution is 2.24. The number of benzene rings is 1. The van der Waals surface area contributed by atoms with Crippen molar-refractivity contribution in [1.29, 1.82) is 0 Å². The Labute approximate surface area is 192 Å². The maximum absolute atomic E-state index is 12.9. The third-order valence-corrected chi connectivity index (χ3v) is 6.92. The van der Waals surface area contributed by atoms with Gasteiger partial charge in [0.1, 0.15) is 4.70 Å². The molecular formula is C21H22ClN5O2S2. The Morgan fingerprint density at radius 2 is 2.00 bits per heavy atom. The van der Waals surface area contributed by atoms with Crippen molar-refractivity contribution in [2.24, 2.45) is 5.92 Å². The number of fused-ring (bicyclic) bond motifs is 3. The van der Waals surface area contributed by atoms with Crippen LogP contribution in [0.5, 0.6) is 0 Å². The van der Waals surface area contributed by atoms with Crippen LogP contribution in [0.3, 0.4) is 0 Å². The molecule has 10 heteroatoms. The highest BCUT2D eigenvalue weighted by atomic mass is 35.5. The van der Waals surface area contributed by atoms with Crippen LogP contribution in [0.4, 0.5) is 0 Å². The van der Waals surface area contributed by atoms with Gasteiger partial charge in [-0.15, -0.1) is 21.5 Å². The Morgan fingerprint density at radius 3 is 2.74 bits per heavy atom. The van der Waals surface area contributed by atoms with Gasteiger partial charge in [-0.2, -0.15) is 0 Å². The van der Waals surface area contributed by atoms with Gasteiger partial charge in [0.25, 0.3) is 5.56 Å². The first-order valence-electron chi connectivity index (χ1n) is 9.93. The van der Waals surface area contributed by atoms with E-state index in [2.05, 4.69) is 29.4 Å². The number of thioether (sulfide) groups is 1. The third kappa shape index (κ3) is 4.78. The molecule has 0 fully saturated rings. The van der Waals surface area contributed by atoms with Gasteiger partial charge in [-0.3, -0.25) is 18.6 Å². The second-order valence-electron chi connectivity index (χ2n) is 7.58. The number of rotatable bonds is 8. The van der Waals surface area contributed by atoms with E-state index in [4.69, 9.17) is 11.6 Å². The molecule has 0 unspecified atom stereocenters. The molecule has 0 bridgehead atoms. The van der Waals surface area contributed by atoms with Gasteiger partial charge in [0.2, 0.25) is 11.7 Å². The van der Waals surface area contributed by atoms with Crippen LogP contribution < -0.4 is 10.9 Å². The van der Waals surface area contributed by atoms with E-state index in [0.29, 0.717) is 39.7 Å². The lowest BCUT2D eigenvalue weighted by molar-refractivity contribution is -0.118. The molecule has 3 heterocycles. The average molecular weight is 476 g/mol. The molecule has 31 heavy (non-hydrogen) atoms. The fourth-order valence-corrected chi connectivity index (χ4v) is 4.89. The van der Waals surface area contributed by atoms with E-state index in [-0.39, 0.29) is 17.2 Å². The predicted octanol–water partition coefficient (Wildman–Crippen LogP) is 4.21. The number of thiophene rings is 1. The van der Waals surface area contributed by atoms with Crippen LogP contribution in [0, 0.1) is 5.92 Å². The van der Waals surface area contributed by atoms with Gasteiger partial charge in [0.05, 0.1) is 11.3 Å². The molecule has 3 aromatic heterocycles. The summed E-state index contributed by atoms with van der Waals surface area (Å²) >= 11 is 8.61. The summed E-state index contributed by atoms with van der Waals surface area (Å²) < 4.78 is 4.24. The number of nitrogens with one attached hydrogen (secondary N) is 1. The third-order valence-electron chi connectivity index (χ3n) is 4.85. The number of amides is 1. The van der Waals surface area contributed by atoms with Gasteiger partial charge in [0.15, 0.2) is 5.16 Å². The van der Waals surface area contributed by atoms with E-state index in [0.717, 1.165) is 17.5 Å². The fourth-order valence-electron chi connectivity index (χ4n) is 3.17. The smallest absolute Gasteiger partial charge is 0.272 e. The minimum absolute atomic E-state index is 0.0391. The van der Waals surface area contributed by atoms with Gasteiger partial charge >= 0.3 is 0 Å². The number of halogens is 1. The largest absolute Gasteiger partial charge is 0.351 e. The standard InChI is InChI=1S/C21H22ClN5O2S2/c1-13(2)7-9-26-19(29)18-16(8-10-30-18)27-20(26)24-25-21(27)31-12-17(28)23-11-14-3-5-15(22)6-4-14/h3-6,8,10,13H,7,9,11-12H2,1-2H3,(H,23,28). The number of aromatic nitrogens is 4. The first-order chi connectivity index (χ1) is 14.9. The van der Waals surface area contributed by atoms with Gasteiger partial charge in [0, 0.05) is 18.1 Å². The predicted molar refractivity (Wildman–Crippen MR) is 126 cm³/mol. The number of nitrogens with zero attached hydrogens (tertiary/aromatic N) is 4. The number of carbonyl (C=O) groups is 1. The molecule has 0 aliphatic carbocycles. The topological polar surface area (TPSA) is 81.3 Å². The van der Waals surface area contributed by atoms with E-state index in [1.165, 1.54) is 23.1 Å². The molecule has 0 spiro atoms. The molecule has 4 aromatic rings. The van der Waals surface area contributed by atoms with Crippen molar-refractivity contribution in [2.75, 3.05) is 5.75 Å². The van der Waals surface area contributed by atoms with Crippen LogP contribution in [-0.2, 0) is 17.9 Å². The summed E-state index contributed by atoms with van der Waals surface area (Å²) in [5.41, 5.74) is 1.72. The van der Waals surface area contributed by atoms with Crippen LogP contribution in [0.15, 0.2) is 45.7 Å². The van der Waals surface area contributed by atoms with Crippen molar-refractivity contribution in [3.63, 3.8) is 0 Å². The summed E-state index contributed by atoms with van der Waals surface area (Å²) in [5, 5.41) is 14.6. The number of hydrogen-bond donors (Lipinski definition) is 1. The highest BCUT2D eigenvalue weighted by molar-refractivity contribution is 7.99. The summed E-state index contributed by atoms with van der Waals surface area (Å²) in [7, 11) is 0. The van der Waals surface area contributed by atoms with Gasteiger partial charge in [-0.25, -0.2) is 0 Å². The molecule has 1 N–H and O–H groups in total.